The van der Waals surface area contributed by atoms with Crippen molar-refractivity contribution in [2.45, 2.75) is 19.8 Å². The number of piperazine rings is 1. The Labute approximate surface area is 173 Å². The number of anilines is 1. The molecule has 156 valence electrons. The van der Waals surface area contributed by atoms with Gasteiger partial charge < -0.3 is 19.4 Å². The Morgan fingerprint density at radius 3 is 2.48 bits per heavy atom. The van der Waals surface area contributed by atoms with Crippen LogP contribution in [0.15, 0.2) is 18.2 Å². The Morgan fingerprint density at radius 1 is 1.14 bits per heavy atom. The number of thiazole rings is 1. The third-order valence-corrected chi connectivity index (χ3v) is 6.67. The summed E-state index contributed by atoms with van der Waals surface area (Å²) < 4.78 is 19.8. The van der Waals surface area contributed by atoms with Crippen LogP contribution in [-0.4, -0.2) is 72.7 Å². The van der Waals surface area contributed by atoms with Crippen LogP contribution in [0.4, 0.5) is 14.3 Å². The van der Waals surface area contributed by atoms with E-state index >= 15 is 0 Å². The van der Waals surface area contributed by atoms with Gasteiger partial charge >= 0.3 is 6.09 Å². The molecule has 0 aliphatic carbocycles. The summed E-state index contributed by atoms with van der Waals surface area (Å²) in [5.74, 6) is -0.132. The summed E-state index contributed by atoms with van der Waals surface area (Å²) in [5, 5.41) is 0.819. The lowest BCUT2D eigenvalue weighted by atomic mass is 9.95. The van der Waals surface area contributed by atoms with Gasteiger partial charge in [-0.15, -0.1) is 0 Å². The van der Waals surface area contributed by atoms with Crippen LogP contribution < -0.4 is 4.90 Å². The number of para-hydroxylation sites is 1. The van der Waals surface area contributed by atoms with E-state index in [1.54, 1.807) is 17.9 Å². The number of carbonyl (C=O) groups is 2. The molecule has 9 heteroatoms. The molecule has 2 aliphatic heterocycles. The number of amides is 2. The molecule has 1 aromatic carbocycles. The van der Waals surface area contributed by atoms with Crippen molar-refractivity contribution >= 4 is 38.7 Å². The Hall–Kier alpha value is -2.42. The van der Waals surface area contributed by atoms with Gasteiger partial charge in [-0.3, -0.25) is 4.79 Å². The number of nitrogens with zero attached hydrogens (tertiary/aromatic N) is 4. The van der Waals surface area contributed by atoms with Crippen molar-refractivity contribution in [2.75, 3.05) is 50.8 Å². The maximum Gasteiger partial charge on any atom is 0.409 e. The minimum Gasteiger partial charge on any atom is -0.450 e. The number of benzene rings is 1. The molecule has 2 amide bonds. The zero-order chi connectivity index (χ0) is 20.4. The molecule has 0 atom stereocenters. The van der Waals surface area contributed by atoms with E-state index in [1.165, 1.54) is 17.4 Å². The number of hydrogen-bond acceptors (Lipinski definition) is 6. The van der Waals surface area contributed by atoms with Crippen LogP contribution in [0.3, 0.4) is 0 Å². The molecule has 2 aliphatic rings. The number of halogens is 1. The van der Waals surface area contributed by atoms with Gasteiger partial charge in [0.15, 0.2) is 5.13 Å². The molecule has 0 N–H and O–H groups in total. The summed E-state index contributed by atoms with van der Waals surface area (Å²) >= 11 is 1.49. The highest BCUT2D eigenvalue weighted by atomic mass is 32.1. The summed E-state index contributed by atoms with van der Waals surface area (Å²) in [6.45, 7) is 5.75. The summed E-state index contributed by atoms with van der Waals surface area (Å²) in [6.07, 6.45) is 1.21. The first kappa shape index (κ1) is 19.9. The highest BCUT2D eigenvalue weighted by molar-refractivity contribution is 7.22. The van der Waals surface area contributed by atoms with Gasteiger partial charge in [0, 0.05) is 45.2 Å². The van der Waals surface area contributed by atoms with E-state index in [0.29, 0.717) is 38.3 Å². The van der Waals surface area contributed by atoms with Crippen LogP contribution in [0.2, 0.25) is 0 Å². The number of fused-ring (bicyclic) bond motifs is 1. The number of piperidine rings is 1. The largest absolute Gasteiger partial charge is 0.450 e. The van der Waals surface area contributed by atoms with Gasteiger partial charge in [-0.2, -0.15) is 0 Å². The van der Waals surface area contributed by atoms with E-state index in [0.717, 1.165) is 35.8 Å². The topological polar surface area (TPSA) is 66.0 Å². The minimum atomic E-state index is -0.305. The van der Waals surface area contributed by atoms with Crippen LogP contribution in [0.25, 0.3) is 10.2 Å². The fourth-order valence-corrected chi connectivity index (χ4v) is 4.97. The van der Waals surface area contributed by atoms with Crippen molar-refractivity contribution in [3.05, 3.63) is 24.0 Å². The van der Waals surface area contributed by atoms with Gasteiger partial charge in [-0.05, 0) is 31.9 Å². The van der Waals surface area contributed by atoms with E-state index in [-0.39, 0.29) is 23.7 Å². The molecule has 0 radical (unpaired) electrons. The average Bonchev–Trinajstić information content (AvgIpc) is 3.19. The van der Waals surface area contributed by atoms with Crippen molar-refractivity contribution in [1.82, 2.24) is 14.8 Å². The summed E-state index contributed by atoms with van der Waals surface area (Å²) in [6, 6.07) is 5.01. The van der Waals surface area contributed by atoms with E-state index in [9.17, 15) is 14.0 Å². The van der Waals surface area contributed by atoms with Crippen LogP contribution in [0, 0.1) is 11.7 Å². The van der Waals surface area contributed by atoms with Gasteiger partial charge in [-0.1, -0.05) is 17.4 Å². The Bertz CT molecular complexity index is 889. The number of aromatic nitrogens is 1. The smallest absolute Gasteiger partial charge is 0.409 e. The summed E-state index contributed by atoms with van der Waals surface area (Å²) in [4.78, 5) is 34.8. The fraction of sp³-hybridized carbons (Fsp3) is 0.550. The Morgan fingerprint density at radius 2 is 1.83 bits per heavy atom. The van der Waals surface area contributed by atoms with Gasteiger partial charge in [0.05, 0.1) is 11.3 Å². The fourth-order valence-electron chi connectivity index (χ4n) is 3.94. The first-order chi connectivity index (χ1) is 14.1. The molecule has 0 spiro atoms. The molecule has 0 unspecified atom stereocenters. The molecule has 3 heterocycles. The van der Waals surface area contributed by atoms with Gasteiger partial charge in [0.25, 0.3) is 0 Å². The normalized spacial score (nSPS) is 18.3. The molecule has 2 aromatic rings. The van der Waals surface area contributed by atoms with Gasteiger partial charge in [0.2, 0.25) is 5.91 Å². The van der Waals surface area contributed by atoms with Crippen LogP contribution in [0.5, 0.6) is 0 Å². The van der Waals surface area contributed by atoms with Gasteiger partial charge in [-0.25, -0.2) is 14.2 Å². The lowest BCUT2D eigenvalue weighted by Gasteiger charge is -2.38. The SMILES string of the molecule is CCOC(=O)N1CCN(C(=O)C2CCN(c3nc4c(F)cccc4s3)CC2)CC1. The summed E-state index contributed by atoms with van der Waals surface area (Å²) in [5.41, 5.74) is 0.421. The zero-order valence-corrected chi connectivity index (χ0v) is 17.3. The van der Waals surface area contributed by atoms with Gasteiger partial charge in [0.1, 0.15) is 11.3 Å². The quantitative estimate of drug-likeness (QED) is 0.764. The molecule has 29 heavy (non-hydrogen) atoms. The molecule has 1 aromatic heterocycles. The van der Waals surface area contributed by atoms with Crippen molar-refractivity contribution in [3.8, 4) is 0 Å². The third kappa shape index (κ3) is 4.14. The Kier molecular flexibility index (Phi) is 5.84. The molecule has 4 rings (SSSR count). The first-order valence-electron chi connectivity index (χ1n) is 10.1. The predicted molar refractivity (Wildman–Crippen MR) is 110 cm³/mol. The van der Waals surface area contributed by atoms with Crippen LogP contribution >= 0.6 is 11.3 Å². The highest BCUT2D eigenvalue weighted by Crippen LogP contribution is 2.33. The molecular weight excluding hydrogens is 395 g/mol. The molecule has 0 bridgehead atoms. The first-order valence-corrected chi connectivity index (χ1v) is 10.9. The lowest BCUT2D eigenvalue weighted by Crippen LogP contribution is -2.53. The Balaban J connectivity index is 1.31. The van der Waals surface area contributed by atoms with Crippen molar-refractivity contribution in [1.29, 1.82) is 0 Å². The van der Waals surface area contributed by atoms with E-state index in [4.69, 9.17) is 4.74 Å². The molecule has 2 saturated heterocycles. The number of ether oxygens (including phenoxy) is 1. The van der Waals surface area contributed by atoms with E-state index < -0.39 is 0 Å². The standard InChI is InChI=1S/C20H25FN4O3S/c1-2-28-20(27)25-12-10-23(11-13-25)18(26)14-6-8-24(9-7-14)19-22-17-15(21)4-3-5-16(17)29-19/h3-5,14H,2,6-13H2,1H3. The lowest BCUT2D eigenvalue weighted by molar-refractivity contribution is -0.137. The maximum atomic E-state index is 13.9. The van der Waals surface area contributed by atoms with Crippen molar-refractivity contribution in [2.24, 2.45) is 5.92 Å². The van der Waals surface area contributed by atoms with Crippen LogP contribution in [0.1, 0.15) is 19.8 Å². The zero-order valence-electron chi connectivity index (χ0n) is 16.5. The molecule has 7 nitrogen and oxygen atoms in total. The van der Waals surface area contributed by atoms with E-state index in [2.05, 4.69) is 9.88 Å². The van der Waals surface area contributed by atoms with Crippen molar-refractivity contribution in [3.63, 3.8) is 0 Å². The number of hydrogen-bond donors (Lipinski definition) is 0. The minimum absolute atomic E-state index is 0.00786. The van der Waals surface area contributed by atoms with E-state index in [1.807, 2.05) is 11.0 Å². The predicted octanol–water partition coefficient (Wildman–Crippen LogP) is 2.95. The number of carbonyl (C=O) groups excluding carboxylic acids is 2. The second kappa shape index (κ2) is 8.52. The average molecular weight is 421 g/mol. The van der Waals surface area contributed by atoms with Crippen molar-refractivity contribution < 1.29 is 18.7 Å². The molecule has 0 saturated carbocycles. The van der Waals surface area contributed by atoms with Crippen LogP contribution in [-0.2, 0) is 9.53 Å². The molecule has 2 fully saturated rings. The monoisotopic (exact) mass is 420 g/mol. The molecular formula is C20H25FN4O3S. The third-order valence-electron chi connectivity index (χ3n) is 5.59. The summed E-state index contributed by atoms with van der Waals surface area (Å²) in [7, 11) is 0. The second-order valence-electron chi connectivity index (χ2n) is 7.36. The number of rotatable bonds is 3. The highest BCUT2D eigenvalue weighted by Gasteiger charge is 2.32. The second-order valence-corrected chi connectivity index (χ2v) is 8.36. The maximum absolute atomic E-state index is 13.9.